The maximum absolute atomic E-state index is 2.48. The Morgan fingerprint density at radius 2 is 0.740 bits per heavy atom. The summed E-state index contributed by atoms with van der Waals surface area (Å²) in [5.74, 6) is 0. The van der Waals surface area contributed by atoms with E-state index in [4.69, 9.17) is 0 Å². The minimum absolute atomic E-state index is 1.17. The number of benzene rings is 8. The first-order valence-corrected chi connectivity index (χ1v) is 17.2. The Balaban J connectivity index is 1.26. The summed E-state index contributed by atoms with van der Waals surface area (Å²) in [5, 5.41) is 5.01. The van der Waals surface area contributed by atoms with Crippen molar-refractivity contribution in [2.75, 3.05) is 0 Å². The molecule has 0 spiro atoms. The van der Waals surface area contributed by atoms with Gasteiger partial charge in [-0.15, -0.1) is 0 Å². The maximum atomic E-state index is 2.48. The van der Waals surface area contributed by atoms with Crippen LogP contribution in [-0.2, 0) is 0 Å². The molecular weight excluding hydrogens is 605 g/mol. The highest BCUT2D eigenvalue weighted by Gasteiger charge is 2.21. The van der Waals surface area contributed by atoms with Gasteiger partial charge in [-0.25, -0.2) is 0 Å². The molecule has 0 saturated carbocycles. The smallest absolute Gasteiger partial charge is 0.0619 e. The first-order chi connectivity index (χ1) is 24.8. The molecule has 234 valence electrons. The van der Waals surface area contributed by atoms with Gasteiger partial charge in [-0.05, 0) is 64.7 Å². The van der Waals surface area contributed by atoms with Gasteiger partial charge in [0.25, 0.3) is 0 Å². The normalized spacial score (nSPS) is 11.6. The van der Waals surface area contributed by atoms with Crippen molar-refractivity contribution in [2.45, 2.75) is 0 Å². The fraction of sp³-hybridized carbons (Fsp3) is 0. The molecule has 50 heavy (non-hydrogen) atoms. The van der Waals surface area contributed by atoms with Gasteiger partial charge in [0.15, 0.2) is 0 Å². The summed E-state index contributed by atoms with van der Waals surface area (Å²) in [6, 6.07) is 70.4. The van der Waals surface area contributed by atoms with Crippen molar-refractivity contribution < 1.29 is 0 Å². The second-order valence-electron chi connectivity index (χ2n) is 12.9. The third-order valence-electron chi connectivity index (χ3n) is 10.1. The van der Waals surface area contributed by atoms with Gasteiger partial charge < -0.3 is 9.13 Å². The van der Waals surface area contributed by atoms with Crippen LogP contribution in [0.15, 0.2) is 194 Å². The van der Waals surface area contributed by atoms with E-state index in [9.17, 15) is 0 Å². The van der Waals surface area contributed by atoms with Crippen molar-refractivity contribution in [1.82, 2.24) is 9.13 Å². The lowest BCUT2D eigenvalue weighted by atomic mass is 9.90. The van der Waals surface area contributed by atoms with E-state index in [1.54, 1.807) is 0 Å². The highest BCUT2D eigenvalue weighted by molar-refractivity contribution is 6.12. The van der Waals surface area contributed by atoms with Gasteiger partial charge in [0.2, 0.25) is 0 Å². The number of hydrogen-bond donors (Lipinski definition) is 0. The highest BCUT2D eigenvalue weighted by atomic mass is 15.0. The Labute approximate surface area is 290 Å². The number of fused-ring (bicyclic) bond motifs is 6. The molecule has 0 unspecified atom stereocenters. The lowest BCUT2D eigenvalue weighted by Gasteiger charge is -2.21. The predicted molar refractivity (Wildman–Crippen MR) is 211 cm³/mol. The SMILES string of the molecule is c1ccc(-c2cccc(-c3ccccc3-c3ccc4c(c3)c3ccccc3n4-c3ccccc3)c2-n2c3ccccc3c3ccccc32)cc1. The molecule has 0 atom stereocenters. The van der Waals surface area contributed by atoms with Gasteiger partial charge in [-0.2, -0.15) is 0 Å². The molecule has 2 heteroatoms. The second-order valence-corrected chi connectivity index (χ2v) is 12.9. The Morgan fingerprint density at radius 1 is 0.260 bits per heavy atom. The Kier molecular flexibility index (Phi) is 6.53. The summed E-state index contributed by atoms with van der Waals surface area (Å²) in [4.78, 5) is 0. The van der Waals surface area contributed by atoms with Gasteiger partial charge >= 0.3 is 0 Å². The van der Waals surface area contributed by atoms with E-state index < -0.39 is 0 Å². The molecule has 10 rings (SSSR count). The van der Waals surface area contributed by atoms with Gasteiger partial charge in [0.1, 0.15) is 0 Å². The van der Waals surface area contributed by atoms with E-state index in [0.717, 1.165) is 0 Å². The molecule has 0 bridgehead atoms. The number of hydrogen-bond acceptors (Lipinski definition) is 0. The zero-order valence-corrected chi connectivity index (χ0v) is 27.4. The third-order valence-corrected chi connectivity index (χ3v) is 10.1. The van der Waals surface area contributed by atoms with Crippen LogP contribution in [0.4, 0.5) is 0 Å². The number of rotatable bonds is 5. The van der Waals surface area contributed by atoms with Crippen LogP contribution in [0.5, 0.6) is 0 Å². The monoisotopic (exact) mass is 636 g/mol. The van der Waals surface area contributed by atoms with Crippen LogP contribution in [0.3, 0.4) is 0 Å². The molecule has 0 N–H and O–H groups in total. The van der Waals surface area contributed by atoms with Crippen molar-refractivity contribution >= 4 is 43.6 Å². The molecule has 0 aliphatic heterocycles. The standard InChI is InChI=1S/C48H32N2/c1-3-16-33(17-4-1)37-25-15-26-42(48(37)50-45-28-13-9-22-39(45)40-23-10-14-29-46(40)50)38-21-8-7-20-36(38)34-30-31-47-43(32-34)41-24-11-12-27-44(41)49(47)35-18-5-2-6-19-35/h1-32H. The van der Waals surface area contributed by atoms with E-state index in [-0.39, 0.29) is 0 Å². The van der Waals surface area contributed by atoms with Crippen LogP contribution in [0, 0.1) is 0 Å². The Bertz CT molecular complexity index is 2800. The molecule has 2 aromatic heterocycles. The van der Waals surface area contributed by atoms with Crippen LogP contribution in [0.25, 0.3) is 88.4 Å². The van der Waals surface area contributed by atoms with Crippen LogP contribution >= 0.6 is 0 Å². The van der Waals surface area contributed by atoms with E-state index in [1.165, 1.54) is 88.4 Å². The first-order valence-electron chi connectivity index (χ1n) is 17.2. The fourth-order valence-electron chi connectivity index (χ4n) is 7.98. The number of para-hydroxylation sites is 5. The van der Waals surface area contributed by atoms with Gasteiger partial charge in [0, 0.05) is 38.4 Å². The summed E-state index contributed by atoms with van der Waals surface area (Å²) in [5.41, 5.74) is 14.4. The molecule has 0 fully saturated rings. The molecular formula is C48H32N2. The number of aromatic nitrogens is 2. The lowest BCUT2D eigenvalue weighted by molar-refractivity contribution is 1.18. The topological polar surface area (TPSA) is 9.86 Å². The minimum Gasteiger partial charge on any atom is -0.309 e. The van der Waals surface area contributed by atoms with E-state index in [0.29, 0.717) is 0 Å². The summed E-state index contributed by atoms with van der Waals surface area (Å²) < 4.78 is 4.86. The van der Waals surface area contributed by atoms with Gasteiger partial charge in [-0.1, -0.05) is 152 Å². The van der Waals surface area contributed by atoms with Crippen molar-refractivity contribution in [2.24, 2.45) is 0 Å². The zero-order chi connectivity index (χ0) is 33.0. The van der Waals surface area contributed by atoms with Crippen LogP contribution in [0.1, 0.15) is 0 Å². The summed E-state index contributed by atoms with van der Waals surface area (Å²) >= 11 is 0. The average molecular weight is 637 g/mol. The predicted octanol–water partition coefficient (Wildman–Crippen LogP) is 12.9. The molecule has 0 saturated heterocycles. The molecule has 2 heterocycles. The van der Waals surface area contributed by atoms with Crippen molar-refractivity contribution in [3.05, 3.63) is 194 Å². The van der Waals surface area contributed by atoms with Crippen LogP contribution in [0.2, 0.25) is 0 Å². The quantitative estimate of drug-likeness (QED) is 0.178. The largest absolute Gasteiger partial charge is 0.309 e. The number of nitrogens with zero attached hydrogens (tertiary/aromatic N) is 2. The van der Waals surface area contributed by atoms with E-state index >= 15 is 0 Å². The highest BCUT2D eigenvalue weighted by Crippen LogP contribution is 2.44. The summed E-state index contributed by atoms with van der Waals surface area (Å²) in [7, 11) is 0. The van der Waals surface area contributed by atoms with Crippen molar-refractivity contribution in [3.63, 3.8) is 0 Å². The first kappa shape index (κ1) is 28.4. The second kappa shape index (κ2) is 11.5. The van der Waals surface area contributed by atoms with Crippen LogP contribution < -0.4 is 0 Å². The molecule has 0 radical (unpaired) electrons. The van der Waals surface area contributed by atoms with E-state index in [2.05, 4.69) is 203 Å². The third kappa shape index (κ3) is 4.36. The van der Waals surface area contributed by atoms with E-state index in [1.807, 2.05) is 0 Å². The van der Waals surface area contributed by atoms with Crippen molar-refractivity contribution in [1.29, 1.82) is 0 Å². The fourth-order valence-corrected chi connectivity index (χ4v) is 7.98. The van der Waals surface area contributed by atoms with Gasteiger partial charge in [-0.3, -0.25) is 0 Å². The summed E-state index contributed by atoms with van der Waals surface area (Å²) in [6.07, 6.45) is 0. The Morgan fingerprint density at radius 3 is 1.42 bits per heavy atom. The van der Waals surface area contributed by atoms with Gasteiger partial charge in [0.05, 0.1) is 27.8 Å². The molecule has 10 aromatic rings. The lowest BCUT2D eigenvalue weighted by Crippen LogP contribution is -2.01. The maximum Gasteiger partial charge on any atom is 0.0619 e. The molecule has 0 amide bonds. The Hall–Kier alpha value is -6.64. The molecule has 8 aromatic carbocycles. The van der Waals surface area contributed by atoms with Crippen LogP contribution in [-0.4, -0.2) is 9.13 Å². The molecule has 0 aliphatic carbocycles. The van der Waals surface area contributed by atoms with Crippen molar-refractivity contribution in [3.8, 4) is 44.8 Å². The average Bonchev–Trinajstić information content (AvgIpc) is 3.71. The molecule has 0 aliphatic rings. The minimum atomic E-state index is 1.17. The molecule has 2 nitrogen and oxygen atoms in total. The zero-order valence-electron chi connectivity index (χ0n) is 27.4. The summed E-state index contributed by atoms with van der Waals surface area (Å²) in [6.45, 7) is 0.